The summed E-state index contributed by atoms with van der Waals surface area (Å²) in [6.07, 6.45) is 7.19. The van der Waals surface area contributed by atoms with Crippen molar-refractivity contribution in [1.29, 1.82) is 0 Å². The van der Waals surface area contributed by atoms with Crippen LogP contribution in [0.15, 0.2) is 60.7 Å². The number of hydrogen-bond donors (Lipinski definition) is 0. The average molecular weight is 336 g/mol. The van der Waals surface area contributed by atoms with Crippen molar-refractivity contribution in [3.63, 3.8) is 0 Å². The summed E-state index contributed by atoms with van der Waals surface area (Å²) in [5.41, 5.74) is 1.70. The van der Waals surface area contributed by atoms with Gasteiger partial charge in [-0.15, -0.1) is 12.3 Å². The van der Waals surface area contributed by atoms with Crippen LogP contribution in [0.25, 0.3) is 0 Å². The number of ether oxygens (including phenoxy) is 2. The minimum Gasteiger partial charge on any atom is -0.376 e. The highest BCUT2D eigenvalue weighted by atomic mass is 16.5. The lowest BCUT2D eigenvalue weighted by Gasteiger charge is -2.30. The number of carbonyl (C=O) groups is 1. The molecule has 0 amide bonds. The van der Waals surface area contributed by atoms with Gasteiger partial charge in [0.15, 0.2) is 0 Å². The molecular weight excluding hydrogens is 312 g/mol. The monoisotopic (exact) mass is 336 g/mol. The smallest absolute Gasteiger partial charge is 0.120 e. The molecule has 130 valence electrons. The van der Waals surface area contributed by atoms with Crippen LogP contribution >= 0.6 is 0 Å². The Morgan fingerprint density at radius 3 is 1.76 bits per heavy atom. The highest BCUT2D eigenvalue weighted by Crippen LogP contribution is 2.27. The highest BCUT2D eigenvalue weighted by Gasteiger charge is 2.30. The molecule has 3 heteroatoms. The number of aldehydes is 1. The molecule has 3 nitrogen and oxygen atoms in total. The molecule has 0 bridgehead atoms. The van der Waals surface area contributed by atoms with E-state index in [0.29, 0.717) is 39.3 Å². The Labute approximate surface area is 150 Å². The summed E-state index contributed by atoms with van der Waals surface area (Å²) in [7, 11) is 0. The van der Waals surface area contributed by atoms with E-state index in [-0.39, 0.29) is 0 Å². The second kappa shape index (κ2) is 10.5. The van der Waals surface area contributed by atoms with Crippen molar-refractivity contribution in [3.05, 3.63) is 71.8 Å². The molecule has 0 saturated carbocycles. The lowest BCUT2D eigenvalue weighted by molar-refractivity contribution is -0.113. The van der Waals surface area contributed by atoms with Crippen molar-refractivity contribution in [2.45, 2.75) is 26.1 Å². The van der Waals surface area contributed by atoms with Gasteiger partial charge in [0.25, 0.3) is 0 Å². The number of benzene rings is 2. The van der Waals surface area contributed by atoms with Gasteiger partial charge >= 0.3 is 0 Å². The van der Waals surface area contributed by atoms with Gasteiger partial charge in [0.2, 0.25) is 0 Å². The Bertz CT molecular complexity index is 613. The molecule has 0 fully saturated rings. The lowest BCUT2D eigenvalue weighted by Crippen LogP contribution is -2.33. The van der Waals surface area contributed by atoms with Crippen LogP contribution in [0.1, 0.15) is 24.0 Å². The van der Waals surface area contributed by atoms with Gasteiger partial charge < -0.3 is 14.3 Å². The molecule has 0 aromatic heterocycles. The van der Waals surface area contributed by atoms with Gasteiger partial charge in [0.1, 0.15) is 6.29 Å². The zero-order valence-corrected chi connectivity index (χ0v) is 14.4. The van der Waals surface area contributed by atoms with Gasteiger partial charge in [0.05, 0.1) is 26.4 Å². The van der Waals surface area contributed by atoms with Crippen LogP contribution in [0.4, 0.5) is 0 Å². The van der Waals surface area contributed by atoms with Crippen LogP contribution in [-0.2, 0) is 27.5 Å². The second-order valence-electron chi connectivity index (χ2n) is 6.21. The first-order valence-electron chi connectivity index (χ1n) is 8.38. The summed E-state index contributed by atoms with van der Waals surface area (Å²) in [6, 6.07) is 19.9. The van der Waals surface area contributed by atoms with Gasteiger partial charge in [-0.2, -0.15) is 0 Å². The zero-order valence-electron chi connectivity index (χ0n) is 14.4. The third kappa shape index (κ3) is 6.54. The molecule has 0 unspecified atom stereocenters. The molecule has 0 aliphatic carbocycles. The summed E-state index contributed by atoms with van der Waals surface area (Å²) in [6.45, 7) is 1.76. The number of carbonyl (C=O) groups excluding carboxylic acids is 1. The minimum absolute atomic E-state index is 0.320. The maximum Gasteiger partial charge on any atom is 0.120 e. The number of terminal acetylenes is 1. The Morgan fingerprint density at radius 1 is 0.880 bits per heavy atom. The van der Waals surface area contributed by atoms with Crippen LogP contribution in [0, 0.1) is 17.8 Å². The summed E-state index contributed by atoms with van der Waals surface area (Å²) in [5.74, 6) is 2.67. The van der Waals surface area contributed by atoms with E-state index in [0.717, 1.165) is 17.4 Å². The fraction of sp³-hybridized carbons (Fsp3) is 0.318. The Balaban J connectivity index is 1.92. The summed E-state index contributed by atoms with van der Waals surface area (Å²) in [5, 5.41) is 0. The molecular formula is C22H24O3. The van der Waals surface area contributed by atoms with Crippen molar-refractivity contribution in [2.75, 3.05) is 13.2 Å². The van der Waals surface area contributed by atoms with Crippen LogP contribution < -0.4 is 0 Å². The van der Waals surface area contributed by atoms with Crippen molar-refractivity contribution in [2.24, 2.45) is 5.41 Å². The molecule has 2 aromatic carbocycles. The van der Waals surface area contributed by atoms with E-state index >= 15 is 0 Å². The normalized spacial score (nSPS) is 11.0. The summed E-state index contributed by atoms with van der Waals surface area (Å²) in [4.78, 5) is 11.2. The standard InChI is InChI=1S/C22H24O3/c1-2-13-22(14-15-23,18-24-16-20-9-5-3-6-10-20)19-25-17-21-11-7-4-8-12-21/h1,3-12,15H,13-14,16-19H2. The van der Waals surface area contributed by atoms with Gasteiger partial charge in [-0.25, -0.2) is 0 Å². The third-order valence-electron chi connectivity index (χ3n) is 4.03. The van der Waals surface area contributed by atoms with E-state index in [2.05, 4.69) is 5.92 Å². The topological polar surface area (TPSA) is 35.5 Å². The van der Waals surface area contributed by atoms with E-state index < -0.39 is 5.41 Å². The average Bonchev–Trinajstić information content (AvgIpc) is 2.64. The van der Waals surface area contributed by atoms with Crippen molar-refractivity contribution < 1.29 is 14.3 Å². The summed E-state index contributed by atoms with van der Waals surface area (Å²) >= 11 is 0. The van der Waals surface area contributed by atoms with Gasteiger partial charge in [0, 0.05) is 18.3 Å². The summed E-state index contributed by atoms with van der Waals surface area (Å²) < 4.78 is 11.7. The van der Waals surface area contributed by atoms with Crippen LogP contribution in [0.3, 0.4) is 0 Å². The Morgan fingerprint density at radius 2 is 1.36 bits per heavy atom. The molecule has 0 spiro atoms. The third-order valence-corrected chi connectivity index (χ3v) is 4.03. The molecule has 0 saturated heterocycles. The predicted octanol–water partition coefficient (Wildman–Crippen LogP) is 4.02. The molecule has 25 heavy (non-hydrogen) atoms. The van der Waals surface area contributed by atoms with E-state index in [1.54, 1.807) is 0 Å². The van der Waals surface area contributed by atoms with Crippen LogP contribution in [0.5, 0.6) is 0 Å². The largest absolute Gasteiger partial charge is 0.376 e. The first kappa shape index (κ1) is 18.9. The SMILES string of the molecule is C#CCC(CC=O)(COCc1ccccc1)COCc1ccccc1. The highest BCUT2D eigenvalue weighted by molar-refractivity contribution is 5.51. The molecule has 0 aliphatic rings. The van der Waals surface area contributed by atoms with Crippen molar-refractivity contribution >= 4 is 6.29 Å². The fourth-order valence-electron chi connectivity index (χ4n) is 2.65. The maximum atomic E-state index is 11.2. The molecule has 0 aliphatic heterocycles. The number of rotatable bonds is 11. The Kier molecular flexibility index (Phi) is 7.91. The van der Waals surface area contributed by atoms with Gasteiger partial charge in [-0.05, 0) is 11.1 Å². The Hall–Kier alpha value is -2.41. The van der Waals surface area contributed by atoms with E-state index in [1.165, 1.54) is 0 Å². The number of hydrogen-bond acceptors (Lipinski definition) is 3. The van der Waals surface area contributed by atoms with Gasteiger partial charge in [-0.1, -0.05) is 60.7 Å². The van der Waals surface area contributed by atoms with E-state index in [9.17, 15) is 4.79 Å². The molecule has 2 aromatic rings. The van der Waals surface area contributed by atoms with Crippen molar-refractivity contribution in [1.82, 2.24) is 0 Å². The zero-order chi connectivity index (χ0) is 17.8. The molecule has 0 radical (unpaired) electrons. The van der Waals surface area contributed by atoms with E-state index in [1.807, 2.05) is 60.7 Å². The van der Waals surface area contributed by atoms with Crippen LogP contribution in [0.2, 0.25) is 0 Å². The van der Waals surface area contributed by atoms with E-state index in [4.69, 9.17) is 15.9 Å². The quantitative estimate of drug-likeness (QED) is 0.459. The predicted molar refractivity (Wildman–Crippen MR) is 98.8 cm³/mol. The fourth-order valence-corrected chi connectivity index (χ4v) is 2.65. The lowest BCUT2D eigenvalue weighted by atomic mass is 9.83. The van der Waals surface area contributed by atoms with Crippen molar-refractivity contribution in [3.8, 4) is 12.3 Å². The molecule has 0 heterocycles. The van der Waals surface area contributed by atoms with Crippen LogP contribution in [-0.4, -0.2) is 19.5 Å². The minimum atomic E-state index is -0.486. The molecule has 0 atom stereocenters. The maximum absolute atomic E-state index is 11.2. The molecule has 2 rings (SSSR count). The second-order valence-corrected chi connectivity index (χ2v) is 6.21. The first-order valence-corrected chi connectivity index (χ1v) is 8.38. The molecule has 0 N–H and O–H groups in total. The first-order chi connectivity index (χ1) is 12.3. The van der Waals surface area contributed by atoms with Gasteiger partial charge in [-0.3, -0.25) is 0 Å².